The van der Waals surface area contributed by atoms with E-state index < -0.39 is 5.72 Å². The lowest BCUT2D eigenvalue weighted by Gasteiger charge is -2.49. The van der Waals surface area contributed by atoms with Crippen LogP contribution in [0.4, 0.5) is 0 Å². The molecule has 3 aromatic rings. The molecule has 2 heterocycles. The molecule has 232 valence electrons. The zero-order valence-electron chi connectivity index (χ0n) is 28.3. The number of ether oxygens (including phenoxy) is 1. The first kappa shape index (κ1) is 32.6. The van der Waals surface area contributed by atoms with Gasteiger partial charge in [0.15, 0.2) is 0 Å². The van der Waals surface area contributed by atoms with Gasteiger partial charge in [-0.3, -0.25) is 0 Å². The quantitative estimate of drug-likeness (QED) is 0.213. The summed E-state index contributed by atoms with van der Waals surface area (Å²) in [5.74, 6) is 0. The van der Waals surface area contributed by atoms with E-state index in [2.05, 4.69) is 138 Å². The standard InChI is InChI=1S/C38H54N4O/c1-11-24-38(10,43-37(7,8)9)41-26-23-32-35(29(6)40(14-4)25-12-2)39-42(33-18-16-15-17-28(33)5)36(32)34(41)27-31-21-19-30(13-3)20-22-31/h15-22,27H,6,11-14,23-26H2,1-5,7-10H3/b34-27-. The van der Waals surface area contributed by atoms with E-state index in [9.17, 15) is 0 Å². The number of para-hydroxylation sites is 1. The van der Waals surface area contributed by atoms with Crippen molar-refractivity contribution in [3.8, 4) is 5.69 Å². The van der Waals surface area contributed by atoms with Crippen molar-refractivity contribution in [2.75, 3.05) is 19.6 Å². The smallest absolute Gasteiger partial charge is 0.139 e. The van der Waals surface area contributed by atoms with E-state index >= 15 is 0 Å². The van der Waals surface area contributed by atoms with Gasteiger partial charge >= 0.3 is 0 Å². The largest absolute Gasteiger partial charge is 0.371 e. The van der Waals surface area contributed by atoms with Crippen LogP contribution in [0.25, 0.3) is 23.2 Å². The van der Waals surface area contributed by atoms with Crippen LogP contribution in [0.3, 0.4) is 0 Å². The van der Waals surface area contributed by atoms with Crippen LogP contribution in [0.1, 0.15) is 108 Å². The Hall–Kier alpha value is -3.31. The van der Waals surface area contributed by atoms with E-state index in [-0.39, 0.29) is 5.60 Å². The third-order valence-corrected chi connectivity index (χ3v) is 8.48. The lowest BCUT2D eigenvalue weighted by atomic mass is 9.93. The minimum Gasteiger partial charge on any atom is -0.371 e. The first-order valence-electron chi connectivity index (χ1n) is 16.4. The first-order chi connectivity index (χ1) is 20.5. The molecular formula is C38H54N4O. The van der Waals surface area contributed by atoms with Gasteiger partial charge in [-0.1, -0.05) is 76.2 Å². The van der Waals surface area contributed by atoms with Crippen LogP contribution < -0.4 is 0 Å². The molecule has 0 saturated heterocycles. The Labute approximate surface area is 261 Å². The molecule has 0 radical (unpaired) electrons. The van der Waals surface area contributed by atoms with Gasteiger partial charge in [-0.2, -0.15) is 5.10 Å². The second kappa shape index (κ2) is 13.5. The van der Waals surface area contributed by atoms with Crippen molar-refractivity contribution in [2.24, 2.45) is 0 Å². The third kappa shape index (κ3) is 7.09. The Kier molecular flexibility index (Phi) is 10.3. The minimum absolute atomic E-state index is 0.296. The summed E-state index contributed by atoms with van der Waals surface area (Å²) in [5.41, 5.74) is 9.60. The highest BCUT2D eigenvalue weighted by atomic mass is 16.5. The molecule has 0 fully saturated rings. The van der Waals surface area contributed by atoms with Crippen molar-refractivity contribution in [1.29, 1.82) is 0 Å². The molecule has 0 saturated carbocycles. The highest BCUT2D eigenvalue weighted by Crippen LogP contribution is 2.43. The highest BCUT2D eigenvalue weighted by Gasteiger charge is 2.42. The Morgan fingerprint density at radius 3 is 2.28 bits per heavy atom. The molecule has 0 bridgehead atoms. The average molecular weight is 583 g/mol. The lowest BCUT2D eigenvalue weighted by Crippen LogP contribution is -2.53. The summed E-state index contributed by atoms with van der Waals surface area (Å²) < 4.78 is 9.15. The fraction of sp³-hybridized carbons (Fsp3) is 0.500. The number of aromatic nitrogens is 2. The molecule has 1 atom stereocenters. The van der Waals surface area contributed by atoms with E-state index in [0.717, 1.165) is 80.2 Å². The Morgan fingerprint density at radius 1 is 1.00 bits per heavy atom. The number of nitrogens with zero attached hydrogens (tertiary/aromatic N) is 4. The second-order valence-corrected chi connectivity index (χ2v) is 13.1. The van der Waals surface area contributed by atoms with Gasteiger partial charge in [0.05, 0.1) is 28.4 Å². The summed E-state index contributed by atoms with van der Waals surface area (Å²) in [6.45, 7) is 27.2. The van der Waals surface area contributed by atoms with Gasteiger partial charge in [0, 0.05) is 25.2 Å². The Bertz CT molecular complexity index is 1430. The summed E-state index contributed by atoms with van der Waals surface area (Å²) in [5, 5.41) is 5.40. The van der Waals surface area contributed by atoms with E-state index in [0.29, 0.717) is 0 Å². The SMILES string of the molecule is C=C(c1nn(-c2ccccc2C)c2c1CCN(C(C)(CCC)OC(C)(C)C)/C2=C\c1ccc(CC)cc1)N(CC)CCC. The molecule has 0 N–H and O–H groups in total. The number of aryl methyl sites for hydroxylation is 2. The molecular weight excluding hydrogens is 528 g/mol. The van der Waals surface area contributed by atoms with Crippen LogP contribution in [0.15, 0.2) is 55.1 Å². The van der Waals surface area contributed by atoms with Crippen molar-refractivity contribution in [3.63, 3.8) is 0 Å². The lowest BCUT2D eigenvalue weighted by molar-refractivity contribution is -0.189. The zero-order valence-corrected chi connectivity index (χ0v) is 28.3. The average Bonchev–Trinajstić information content (AvgIpc) is 3.35. The van der Waals surface area contributed by atoms with Crippen LogP contribution in [-0.4, -0.2) is 50.5 Å². The van der Waals surface area contributed by atoms with E-state index in [1.54, 1.807) is 0 Å². The maximum atomic E-state index is 6.97. The number of hydrogen-bond donors (Lipinski definition) is 0. The van der Waals surface area contributed by atoms with Gasteiger partial charge in [-0.25, -0.2) is 4.68 Å². The monoisotopic (exact) mass is 582 g/mol. The molecule has 5 heteroatoms. The van der Waals surface area contributed by atoms with Crippen LogP contribution in [0.5, 0.6) is 0 Å². The summed E-state index contributed by atoms with van der Waals surface area (Å²) >= 11 is 0. The van der Waals surface area contributed by atoms with Crippen LogP contribution in [0.2, 0.25) is 0 Å². The molecule has 2 aromatic carbocycles. The van der Waals surface area contributed by atoms with Crippen molar-refractivity contribution in [1.82, 2.24) is 19.6 Å². The fourth-order valence-corrected chi connectivity index (χ4v) is 6.54. The van der Waals surface area contributed by atoms with Gasteiger partial charge in [0.25, 0.3) is 0 Å². The minimum atomic E-state index is -0.491. The van der Waals surface area contributed by atoms with Crippen molar-refractivity contribution >= 4 is 17.5 Å². The van der Waals surface area contributed by atoms with Crippen molar-refractivity contribution in [3.05, 3.63) is 88.8 Å². The molecule has 4 rings (SSSR count). The van der Waals surface area contributed by atoms with Gasteiger partial charge in [-0.05, 0) is 96.1 Å². The molecule has 1 aromatic heterocycles. The molecule has 1 unspecified atom stereocenters. The normalized spacial score (nSPS) is 15.8. The number of rotatable bonds is 12. The maximum absolute atomic E-state index is 6.97. The van der Waals surface area contributed by atoms with Crippen molar-refractivity contribution < 1.29 is 4.74 Å². The Balaban J connectivity index is 2.03. The maximum Gasteiger partial charge on any atom is 0.139 e. The molecule has 43 heavy (non-hydrogen) atoms. The third-order valence-electron chi connectivity index (χ3n) is 8.48. The van der Waals surface area contributed by atoms with Crippen molar-refractivity contribution in [2.45, 2.75) is 106 Å². The molecule has 5 nitrogen and oxygen atoms in total. The van der Waals surface area contributed by atoms with Gasteiger partial charge < -0.3 is 14.5 Å². The fourth-order valence-electron chi connectivity index (χ4n) is 6.54. The predicted octanol–water partition coefficient (Wildman–Crippen LogP) is 9.13. The van der Waals surface area contributed by atoms with Crippen LogP contribution in [-0.2, 0) is 17.6 Å². The number of benzene rings is 2. The molecule has 0 aliphatic carbocycles. The number of hydrogen-bond acceptors (Lipinski definition) is 4. The van der Waals surface area contributed by atoms with E-state index in [1.807, 2.05) is 0 Å². The topological polar surface area (TPSA) is 33.5 Å². The van der Waals surface area contributed by atoms with Crippen LogP contribution in [0, 0.1) is 6.92 Å². The highest BCUT2D eigenvalue weighted by molar-refractivity contribution is 5.84. The zero-order chi connectivity index (χ0) is 31.4. The Morgan fingerprint density at radius 2 is 1.70 bits per heavy atom. The van der Waals surface area contributed by atoms with Gasteiger partial charge in [-0.15, -0.1) is 0 Å². The van der Waals surface area contributed by atoms with Gasteiger partial charge in [0.2, 0.25) is 0 Å². The molecule has 1 aliphatic rings. The molecule has 1 aliphatic heterocycles. The summed E-state index contributed by atoms with van der Waals surface area (Å²) in [6.07, 6.45) is 7.26. The van der Waals surface area contributed by atoms with Gasteiger partial charge in [0.1, 0.15) is 11.4 Å². The predicted molar refractivity (Wildman–Crippen MR) is 183 cm³/mol. The number of fused-ring (bicyclic) bond motifs is 1. The molecule has 0 spiro atoms. The summed E-state index contributed by atoms with van der Waals surface area (Å²) in [6, 6.07) is 17.5. The first-order valence-corrected chi connectivity index (χ1v) is 16.4. The van der Waals surface area contributed by atoms with E-state index in [1.165, 1.54) is 22.3 Å². The summed E-state index contributed by atoms with van der Waals surface area (Å²) in [4.78, 5) is 4.89. The second-order valence-electron chi connectivity index (χ2n) is 13.1. The summed E-state index contributed by atoms with van der Waals surface area (Å²) in [7, 11) is 0. The van der Waals surface area contributed by atoms with E-state index in [4.69, 9.17) is 9.84 Å². The van der Waals surface area contributed by atoms with Crippen LogP contribution >= 0.6 is 0 Å². The molecule has 0 amide bonds.